The molecule has 1 amide bonds. The molecular weight excluding hydrogens is 334 g/mol. The van der Waals surface area contributed by atoms with E-state index in [0.29, 0.717) is 42.8 Å². The third-order valence-corrected chi connectivity index (χ3v) is 4.86. The van der Waals surface area contributed by atoms with E-state index in [1.54, 1.807) is 13.1 Å². The predicted molar refractivity (Wildman–Crippen MR) is 93.9 cm³/mol. The van der Waals surface area contributed by atoms with Gasteiger partial charge in [0.2, 0.25) is 11.7 Å². The first-order chi connectivity index (χ1) is 12.7. The van der Waals surface area contributed by atoms with E-state index < -0.39 is 0 Å². The van der Waals surface area contributed by atoms with Gasteiger partial charge in [0.25, 0.3) is 5.91 Å². The molecule has 2 saturated heterocycles. The first kappa shape index (κ1) is 17.0. The van der Waals surface area contributed by atoms with Gasteiger partial charge in [-0.2, -0.15) is 4.98 Å². The van der Waals surface area contributed by atoms with Crippen LogP contribution in [0.1, 0.15) is 47.4 Å². The number of aromatic nitrogens is 3. The Bertz CT molecular complexity index is 772. The fraction of sp³-hybridized carbons (Fsp3) is 0.556. The van der Waals surface area contributed by atoms with Crippen LogP contribution in [-0.2, 0) is 4.74 Å². The number of morpholine rings is 1. The van der Waals surface area contributed by atoms with Crippen LogP contribution in [0.25, 0.3) is 0 Å². The maximum atomic E-state index is 13.0. The zero-order chi connectivity index (χ0) is 17.9. The highest BCUT2D eigenvalue weighted by molar-refractivity contribution is 5.99. The van der Waals surface area contributed by atoms with E-state index in [1.807, 2.05) is 17.0 Å². The van der Waals surface area contributed by atoms with Gasteiger partial charge < -0.3 is 19.1 Å². The minimum absolute atomic E-state index is 0.0613. The fourth-order valence-electron chi connectivity index (χ4n) is 3.53. The number of rotatable bonds is 3. The molecule has 26 heavy (non-hydrogen) atoms. The molecule has 2 fully saturated rings. The van der Waals surface area contributed by atoms with Gasteiger partial charge in [0.1, 0.15) is 11.9 Å². The molecule has 8 heteroatoms. The molecule has 4 rings (SSSR count). The topological polar surface area (TPSA) is 84.6 Å². The van der Waals surface area contributed by atoms with E-state index in [9.17, 15) is 4.79 Å². The van der Waals surface area contributed by atoms with Gasteiger partial charge in [0, 0.05) is 32.8 Å². The maximum absolute atomic E-state index is 13.0. The Morgan fingerprint density at radius 1 is 1.23 bits per heavy atom. The number of anilines is 1. The van der Waals surface area contributed by atoms with Crippen molar-refractivity contribution in [2.75, 3.05) is 37.7 Å². The minimum atomic E-state index is -0.291. The van der Waals surface area contributed by atoms with Gasteiger partial charge >= 0.3 is 0 Å². The van der Waals surface area contributed by atoms with Crippen LogP contribution in [-0.4, -0.2) is 58.7 Å². The van der Waals surface area contributed by atoms with Crippen LogP contribution in [0.15, 0.2) is 22.9 Å². The van der Waals surface area contributed by atoms with Crippen molar-refractivity contribution in [1.82, 2.24) is 20.0 Å². The number of carbonyl (C=O) groups is 1. The number of amides is 1. The molecule has 2 aromatic heterocycles. The molecule has 0 aromatic carbocycles. The van der Waals surface area contributed by atoms with Crippen molar-refractivity contribution in [3.8, 4) is 0 Å². The lowest BCUT2D eigenvalue weighted by atomic mass is 10.1. The van der Waals surface area contributed by atoms with Crippen LogP contribution < -0.4 is 4.90 Å². The Morgan fingerprint density at radius 3 is 2.85 bits per heavy atom. The van der Waals surface area contributed by atoms with Crippen molar-refractivity contribution in [3.05, 3.63) is 35.6 Å². The molecule has 0 aliphatic carbocycles. The van der Waals surface area contributed by atoms with Crippen LogP contribution in [0, 0.1) is 6.92 Å². The number of aryl methyl sites for hydroxylation is 1. The van der Waals surface area contributed by atoms with Crippen LogP contribution in [0.3, 0.4) is 0 Å². The molecule has 0 spiro atoms. The third kappa shape index (κ3) is 3.41. The number of nitrogens with zero attached hydrogens (tertiary/aromatic N) is 5. The number of piperidine rings is 1. The summed E-state index contributed by atoms with van der Waals surface area (Å²) in [6, 6.07) is 3.68. The molecule has 2 aliphatic rings. The Balaban J connectivity index is 1.56. The van der Waals surface area contributed by atoms with E-state index in [4.69, 9.17) is 9.26 Å². The Labute approximate surface area is 152 Å². The molecule has 8 nitrogen and oxygen atoms in total. The summed E-state index contributed by atoms with van der Waals surface area (Å²) in [5.74, 6) is 1.81. The summed E-state index contributed by atoms with van der Waals surface area (Å²) in [6.45, 7) is 5.13. The van der Waals surface area contributed by atoms with Crippen LogP contribution in [0.5, 0.6) is 0 Å². The summed E-state index contributed by atoms with van der Waals surface area (Å²) in [7, 11) is 0. The summed E-state index contributed by atoms with van der Waals surface area (Å²) >= 11 is 0. The van der Waals surface area contributed by atoms with Gasteiger partial charge in [0.05, 0.1) is 18.7 Å². The summed E-state index contributed by atoms with van der Waals surface area (Å²) < 4.78 is 10.9. The highest BCUT2D eigenvalue weighted by atomic mass is 16.5. The zero-order valence-corrected chi connectivity index (χ0v) is 14.9. The first-order valence-electron chi connectivity index (χ1n) is 9.13. The average Bonchev–Trinajstić information content (AvgIpc) is 3.15. The second-order valence-electron chi connectivity index (χ2n) is 6.70. The lowest BCUT2D eigenvalue weighted by Gasteiger charge is -2.34. The Kier molecular flexibility index (Phi) is 4.83. The largest absolute Gasteiger partial charge is 0.366 e. The summed E-state index contributed by atoms with van der Waals surface area (Å²) in [6.07, 6.45) is 4.77. The maximum Gasteiger partial charge on any atom is 0.257 e. The van der Waals surface area contributed by atoms with Crippen molar-refractivity contribution in [2.45, 2.75) is 32.3 Å². The van der Waals surface area contributed by atoms with E-state index in [-0.39, 0.29) is 12.0 Å². The number of pyridine rings is 1. The van der Waals surface area contributed by atoms with Gasteiger partial charge in [-0.3, -0.25) is 4.79 Å². The molecule has 0 N–H and O–H groups in total. The lowest BCUT2D eigenvalue weighted by Crippen LogP contribution is -2.41. The highest BCUT2D eigenvalue weighted by Gasteiger charge is 2.30. The van der Waals surface area contributed by atoms with Gasteiger partial charge in [-0.1, -0.05) is 5.16 Å². The zero-order valence-electron chi connectivity index (χ0n) is 14.9. The number of carbonyl (C=O) groups excluding carboxylic acids is 1. The van der Waals surface area contributed by atoms with Crippen LogP contribution >= 0.6 is 0 Å². The molecule has 1 unspecified atom stereocenters. The van der Waals surface area contributed by atoms with E-state index in [2.05, 4.69) is 20.0 Å². The molecule has 1 atom stereocenters. The Hall–Kier alpha value is -2.48. The fourth-order valence-corrected chi connectivity index (χ4v) is 3.53. The molecule has 2 aromatic rings. The molecule has 0 saturated carbocycles. The van der Waals surface area contributed by atoms with Crippen LogP contribution in [0.2, 0.25) is 0 Å². The molecule has 0 bridgehead atoms. The van der Waals surface area contributed by atoms with Gasteiger partial charge in [-0.05, 0) is 31.4 Å². The minimum Gasteiger partial charge on any atom is -0.366 e. The van der Waals surface area contributed by atoms with Crippen molar-refractivity contribution < 1.29 is 14.1 Å². The lowest BCUT2D eigenvalue weighted by molar-refractivity contribution is 0.0322. The second-order valence-corrected chi connectivity index (χ2v) is 6.70. The average molecular weight is 357 g/mol. The van der Waals surface area contributed by atoms with Crippen molar-refractivity contribution in [1.29, 1.82) is 0 Å². The SMILES string of the molecule is Cc1nc(C2CN(c3ncccc3C(=O)N3CCCCC3)CCO2)no1. The van der Waals surface area contributed by atoms with Gasteiger partial charge in [0.15, 0.2) is 0 Å². The summed E-state index contributed by atoms with van der Waals surface area (Å²) in [5.41, 5.74) is 0.652. The smallest absolute Gasteiger partial charge is 0.257 e. The number of hydrogen-bond acceptors (Lipinski definition) is 7. The van der Waals surface area contributed by atoms with E-state index in [0.717, 1.165) is 25.9 Å². The van der Waals surface area contributed by atoms with Crippen LogP contribution in [0.4, 0.5) is 5.82 Å². The first-order valence-corrected chi connectivity index (χ1v) is 9.13. The molecular formula is C18H23N5O3. The van der Waals surface area contributed by atoms with Gasteiger partial charge in [-0.15, -0.1) is 0 Å². The molecule has 4 heterocycles. The highest BCUT2D eigenvalue weighted by Crippen LogP contribution is 2.27. The van der Waals surface area contributed by atoms with Gasteiger partial charge in [-0.25, -0.2) is 4.98 Å². The summed E-state index contributed by atoms with van der Waals surface area (Å²) in [4.78, 5) is 25.8. The predicted octanol–water partition coefficient (Wildman–Crippen LogP) is 1.98. The normalized spacial score (nSPS) is 21.0. The number of likely N-dealkylation sites (tertiary alicyclic amines) is 1. The van der Waals surface area contributed by atoms with E-state index >= 15 is 0 Å². The van der Waals surface area contributed by atoms with E-state index in [1.165, 1.54) is 6.42 Å². The monoisotopic (exact) mass is 357 g/mol. The molecule has 0 radical (unpaired) electrons. The van der Waals surface area contributed by atoms with Crippen molar-refractivity contribution in [3.63, 3.8) is 0 Å². The molecule has 138 valence electrons. The number of ether oxygens (including phenoxy) is 1. The molecule has 2 aliphatic heterocycles. The second kappa shape index (κ2) is 7.41. The summed E-state index contributed by atoms with van der Waals surface area (Å²) in [5, 5.41) is 3.97. The standard InChI is InChI=1S/C18H23N5O3/c1-13-20-16(21-26-13)15-12-23(10-11-25-15)17-14(6-5-7-19-17)18(24)22-8-3-2-4-9-22/h5-7,15H,2-4,8-12H2,1H3. The van der Waals surface area contributed by atoms with Crippen molar-refractivity contribution in [2.24, 2.45) is 0 Å². The quantitative estimate of drug-likeness (QED) is 0.830. The number of hydrogen-bond donors (Lipinski definition) is 0. The third-order valence-electron chi connectivity index (χ3n) is 4.86. The Morgan fingerprint density at radius 2 is 2.08 bits per heavy atom. The van der Waals surface area contributed by atoms with Crippen molar-refractivity contribution >= 4 is 11.7 Å².